The Bertz CT molecular complexity index is 769. The first-order chi connectivity index (χ1) is 11.3. The monoisotopic (exact) mass is 353 g/mol. The highest BCUT2D eigenvalue weighted by molar-refractivity contribution is 6.32. The van der Waals surface area contributed by atoms with Gasteiger partial charge < -0.3 is 5.32 Å². The van der Waals surface area contributed by atoms with Crippen molar-refractivity contribution in [3.05, 3.63) is 76.4 Å². The molecule has 6 heteroatoms. The number of benzene rings is 2. The van der Waals surface area contributed by atoms with Crippen molar-refractivity contribution in [1.29, 1.82) is 0 Å². The lowest BCUT2D eigenvalue weighted by molar-refractivity contribution is -0.137. The molecule has 24 heavy (non-hydrogen) atoms. The van der Waals surface area contributed by atoms with E-state index in [1.165, 1.54) is 18.3 Å². The Morgan fingerprint density at radius 2 is 1.88 bits per heavy atom. The third-order valence-corrected chi connectivity index (χ3v) is 3.77. The fourth-order valence-corrected chi connectivity index (χ4v) is 2.44. The molecule has 0 amide bonds. The highest BCUT2D eigenvalue weighted by Gasteiger charge is 2.31. The van der Waals surface area contributed by atoms with E-state index >= 15 is 0 Å². The molecule has 0 aliphatic rings. The lowest BCUT2D eigenvalue weighted by atomic mass is 9.96. The number of rotatable bonds is 5. The van der Waals surface area contributed by atoms with E-state index in [2.05, 4.69) is 5.32 Å². The van der Waals surface area contributed by atoms with Gasteiger partial charge in [0.1, 0.15) is 0 Å². The van der Waals surface area contributed by atoms with Crippen LogP contribution in [0, 0.1) is 0 Å². The van der Waals surface area contributed by atoms with Crippen LogP contribution in [0.2, 0.25) is 5.02 Å². The van der Waals surface area contributed by atoms with Crippen molar-refractivity contribution in [3.63, 3.8) is 0 Å². The summed E-state index contributed by atoms with van der Waals surface area (Å²) in [6, 6.07) is 11.6. The lowest BCUT2D eigenvalue weighted by Gasteiger charge is -2.12. The molecule has 0 spiro atoms. The van der Waals surface area contributed by atoms with E-state index in [0.29, 0.717) is 10.6 Å². The van der Waals surface area contributed by atoms with Crippen LogP contribution in [0.3, 0.4) is 0 Å². The van der Waals surface area contributed by atoms with Gasteiger partial charge in [0.2, 0.25) is 0 Å². The van der Waals surface area contributed by atoms with Crippen LogP contribution in [-0.2, 0) is 17.4 Å². The van der Waals surface area contributed by atoms with Gasteiger partial charge in [0.25, 0.3) is 0 Å². The molecule has 2 aromatic carbocycles. The van der Waals surface area contributed by atoms with Gasteiger partial charge in [-0.3, -0.25) is 4.79 Å². The van der Waals surface area contributed by atoms with Crippen molar-refractivity contribution in [2.75, 3.05) is 7.05 Å². The molecule has 2 nitrogen and oxygen atoms in total. The number of allylic oxidation sites excluding steroid dienone is 1. The molecule has 0 heterocycles. The van der Waals surface area contributed by atoms with Crippen molar-refractivity contribution in [3.8, 4) is 0 Å². The van der Waals surface area contributed by atoms with Crippen LogP contribution < -0.4 is 5.32 Å². The number of Topliss-reactive ketones (excluding diaryl/α,β-unsaturated/α-hetero) is 1. The zero-order chi connectivity index (χ0) is 17.7. The van der Waals surface area contributed by atoms with E-state index in [1.807, 2.05) is 0 Å². The molecule has 126 valence electrons. The Morgan fingerprint density at radius 3 is 2.50 bits per heavy atom. The predicted octanol–water partition coefficient (Wildman–Crippen LogP) is 4.73. The van der Waals surface area contributed by atoms with Crippen molar-refractivity contribution in [2.45, 2.75) is 12.6 Å². The van der Waals surface area contributed by atoms with Gasteiger partial charge in [-0.2, -0.15) is 13.2 Å². The van der Waals surface area contributed by atoms with Crippen LogP contribution in [0.5, 0.6) is 0 Å². The first-order valence-electron chi connectivity index (χ1n) is 7.14. The highest BCUT2D eigenvalue weighted by atomic mass is 35.5. The zero-order valence-corrected chi connectivity index (χ0v) is 13.6. The van der Waals surface area contributed by atoms with Gasteiger partial charge >= 0.3 is 6.18 Å². The first-order valence-corrected chi connectivity index (χ1v) is 7.52. The Balaban J connectivity index is 2.35. The summed E-state index contributed by atoms with van der Waals surface area (Å²) < 4.78 is 38.6. The second-order valence-electron chi connectivity index (χ2n) is 5.12. The topological polar surface area (TPSA) is 29.1 Å². The number of carbonyl (C=O) groups excluding carboxylic acids is 1. The molecular weight excluding hydrogens is 339 g/mol. The summed E-state index contributed by atoms with van der Waals surface area (Å²) >= 11 is 6.05. The molecule has 1 N–H and O–H groups in total. The summed E-state index contributed by atoms with van der Waals surface area (Å²) in [6.45, 7) is 0. The van der Waals surface area contributed by atoms with Crippen LogP contribution in [0.15, 0.2) is 54.7 Å². The molecule has 2 aromatic rings. The Kier molecular flexibility index (Phi) is 5.67. The van der Waals surface area contributed by atoms with Gasteiger partial charge in [0, 0.05) is 30.3 Å². The minimum absolute atomic E-state index is 0.00340. The van der Waals surface area contributed by atoms with Crippen molar-refractivity contribution < 1.29 is 18.0 Å². The van der Waals surface area contributed by atoms with E-state index in [9.17, 15) is 18.0 Å². The summed E-state index contributed by atoms with van der Waals surface area (Å²) in [5.41, 5.74) is 0.199. The van der Waals surface area contributed by atoms with Crippen LogP contribution >= 0.6 is 11.6 Å². The van der Waals surface area contributed by atoms with E-state index in [-0.39, 0.29) is 23.3 Å². The third-order valence-electron chi connectivity index (χ3n) is 3.40. The molecule has 0 radical (unpaired) electrons. The zero-order valence-electron chi connectivity index (χ0n) is 12.8. The summed E-state index contributed by atoms with van der Waals surface area (Å²) in [6.07, 6.45) is -3.06. The van der Waals surface area contributed by atoms with E-state index in [1.54, 1.807) is 31.3 Å². The van der Waals surface area contributed by atoms with Gasteiger partial charge in [-0.05, 0) is 29.3 Å². The average molecular weight is 354 g/mol. The first kappa shape index (κ1) is 18.1. The molecule has 0 saturated heterocycles. The van der Waals surface area contributed by atoms with Gasteiger partial charge in [-0.1, -0.05) is 41.9 Å². The number of ketones is 1. The fourth-order valence-electron chi connectivity index (χ4n) is 2.24. The fraction of sp³-hybridized carbons (Fsp3) is 0.167. The van der Waals surface area contributed by atoms with Crippen molar-refractivity contribution in [2.24, 2.45) is 0 Å². The largest absolute Gasteiger partial charge is 0.416 e. The standard InChI is InChI=1S/C18H15ClF3NO/c1-23-11-15(12-6-4-7-14(9-12)18(20,21)22)17(24)10-13-5-2-3-8-16(13)19/h2-9,11,23H,10H2,1H3. The van der Waals surface area contributed by atoms with Crippen molar-refractivity contribution >= 4 is 23.0 Å². The van der Waals surface area contributed by atoms with E-state index < -0.39 is 11.7 Å². The Morgan fingerprint density at radius 1 is 1.17 bits per heavy atom. The van der Waals surface area contributed by atoms with E-state index in [4.69, 9.17) is 11.6 Å². The number of nitrogens with one attached hydrogen (secondary N) is 1. The molecule has 0 aliphatic heterocycles. The second kappa shape index (κ2) is 7.53. The minimum atomic E-state index is -4.47. The quantitative estimate of drug-likeness (QED) is 0.787. The maximum atomic E-state index is 12.9. The molecule has 0 unspecified atom stereocenters. The molecule has 0 fully saturated rings. The van der Waals surface area contributed by atoms with Crippen LogP contribution in [0.1, 0.15) is 16.7 Å². The van der Waals surface area contributed by atoms with Crippen LogP contribution in [0.4, 0.5) is 13.2 Å². The average Bonchev–Trinajstić information content (AvgIpc) is 2.54. The normalized spacial score (nSPS) is 12.1. The predicted molar refractivity (Wildman–Crippen MR) is 88.6 cm³/mol. The number of hydrogen-bond acceptors (Lipinski definition) is 2. The maximum absolute atomic E-state index is 12.9. The lowest BCUT2D eigenvalue weighted by Crippen LogP contribution is -2.11. The van der Waals surface area contributed by atoms with Crippen LogP contribution in [-0.4, -0.2) is 12.8 Å². The molecule has 0 atom stereocenters. The molecule has 0 saturated carbocycles. The Hall–Kier alpha value is -2.27. The van der Waals surface area contributed by atoms with Gasteiger partial charge in [-0.15, -0.1) is 0 Å². The van der Waals surface area contributed by atoms with E-state index in [0.717, 1.165) is 12.1 Å². The Labute approximate surface area is 142 Å². The van der Waals surface area contributed by atoms with Crippen LogP contribution in [0.25, 0.3) is 5.57 Å². The highest BCUT2D eigenvalue weighted by Crippen LogP contribution is 2.31. The van der Waals surface area contributed by atoms with Gasteiger partial charge in [-0.25, -0.2) is 0 Å². The maximum Gasteiger partial charge on any atom is 0.416 e. The summed E-state index contributed by atoms with van der Waals surface area (Å²) in [4.78, 5) is 12.6. The summed E-state index contributed by atoms with van der Waals surface area (Å²) in [7, 11) is 1.58. The molecular formula is C18H15ClF3NO. The van der Waals surface area contributed by atoms with Crippen molar-refractivity contribution in [1.82, 2.24) is 5.32 Å². The molecule has 0 bridgehead atoms. The molecule has 2 rings (SSSR count). The number of hydrogen-bond donors (Lipinski definition) is 1. The van der Waals surface area contributed by atoms with Gasteiger partial charge in [0.05, 0.1) is 5.56 Å². The number of alkyl halides is 3. The minimum Gasteiger partial charge on any atom is -0.393 e. The number of halogens is 4. The SMILES string of the molecule is CNC=C(C(=O)Cc1ccccc1Cl)c1cccc(C(F)(F)F)c1. The molecule has 0 aliphatic carbocycles. The smallest absolute Gasteiger partial charge is 0.393 e. The third kappa shape index (κ3) is 4.38. The molecule has 0 aromatic heterocycles. The summed E-state index contributed by atoms with van der Waals surface area (Å²) in [5, 5.41) is 3.15. The summed E-state index contributed by atoms with van der Waals surface area (Å²) in [5.74, 6) is -0.322. The second-order valence-corrected chi connectivity index (χ2v) is 5.52. The van der Waals surface area contributed by atoms with Gasteiger partial charge in [0.15, 0.2) is 5.78 Å². The number of carbonyl (C=O) groups is 1.